The molecule has 0 atom stereocenters. The van der Waals surface area contributed by atoms with Crippen LogP contribution in [-0.4, -0.2) is 21.4 Å². The molecule has 29 heavy (non-hydrogen) atoms. The maximum atomic E-state index is 12.8. The number of rotatable bonds is 6. The molecular formula is C20H16Cl2N2O4S. The van der Waals surface area contributed by atoms with E-state index in [-0.39, 0.29) is 21.3 Å². The molecule has 0 spiro atoms. The van der Waals surface area contributed by atoms with Crippen molar-refractivity contribution < 1.29 is 17.9 Å². The molecule has 1 amide bonds. The highest BCUT2D eigenvalue weighted by Gasteiger charge is 2.18. The van der Waals surface area contributed by atoms with Crippen molar-refractivity contribution in [3.05, 3.63) is 82.3 Å². The van der Waals surface area contributed by atoms with Gasteiger partial charge in [-0.15, -0.1) is 0 Å². The molecule has 0 saturated carbocycles. The molecule has 0 bridgehead atoms. The van der Waals surface area contributed by atoms with Gasteiger partial charge in [0.25, 0.3) is 15.9 Å². The normalized spacial score (nSPS) is 11.0. The minimum atomic E-state index is -3.95. The van der Waals surface area contributed by atoms with Gasteiger partial charge in [-0.05, 0) is 48.5 Å². The number of benzene rings is 3. The van der Waals surface area contributed by atoms with Crippen molar-refractivity contribution in [3.8, 4) is 5.75 Å². The van der Waals surface area contributed by atoms with Crippen LogP contribution in [0, 0.1) is 0 Å². The average Bonchev–Trinajstić information content (AvgIpc) is 2.71. The molecule has 0 heterocycles. The minimum Gasteiger partial charge on any atom is -0.495 e. The van der Waals surface area contributed by atoms with E-state index in [1.54, 1.807) is 30.3 Å². The van der Waals surface area contributed by atoms with Crippen LogP contribution in [-0.2, 0) is 10.0 Å². The van der Waals surface area contributed by atoms with Gasteiger partial charge in [0.15, 0.2) is 0 Å². The van der Waals surface area contributed by atoms with Crippen LogP contribution >= 0.6 is 23.2 Å². The standard InChI is InChI=1S/C20H16Cl2N2O4S/c1-28-19-10-8-15(12-18(19)23-20(25)13-5-3-2-4-6-13)29(26,27)24-14-7-9-16(21)17(22)11-14/h2-12,24H,1H3,(H,23,25). The van der Waals surface area contributed by atoms with Crippen molar-refractivity contribution in [2.75, 3.05) is 17.1 Å². The van der Waals surface area contributed by atoms with Crippen LogP contribution in [0.25, 0.3) is 0 Å². The van der Waals surface area contributed by atoms with Crippen LogP contribution in [0.4, 0.5) is 11.4 Å². The summed E-state index contributed by atoms with van der Waals surface area (Å²) >= 11 is 11.8. The van der Waals surface area contributed by atoms with Gasteiger partial charge >= 0.3 is 0 Å². The number of anilines is 2. The second kappa shape index (κ2) is 8.73. The van der Waals surface area contributed by atoms with E-state index in [1.807, 2.05) is 0 Å². The van der Waals surface area contributed by atoms with E-state index in [2.05, 4.69) is 10.0 Å². The van der Waals surface area contributed by atoms with Crippen LogP contribution in [0.5, 0.6) is 5.75 Å². The van der Waals surface area contributed by atoms with Crippen LogP contribution in [0.15, 0.2) is 71.6 Å². The molecule has 0 aliphatic heterocycles. The molecule has 2 N–H and O–H groups in total. The fourth-order valence-corrected chi connectivity index (χ4v) is 3.88. The molecule has 0 unspecified atom stereocenters. The molecule has 0 aliphatic rings. The molecule has 3 aromatic rings. The summed E-state index contributed by atoms with van der Waals surface area (Å²) in [6, 6.07) is 17.1. The van der Waals surface area contributed by atoms with Gasteiger partial charge in [0.1, 0.15) is 5.75 Å². The van der Waals surface area contributed by atoms with E-state index in [4.69, 9.17) is 27.9 Å². The number of carbonyl (C=O) groups excluding carboxylic acids is 1. The zero-order chi connectivity index (χ0) is 21.0. The number of ether oxygens (including phenoxy) is 1. The molecule has 3 aromatic carbocycles. The van der Waals surface area contributed by atoms with Gasteiger partial charge < -0.3 is 10.1 Å². The number of sulfonamides is 1. The van der Waals surface area contributed by atoms with Gasteiger partial charge in [-0.25, -0.2) is 8.42 Å². The first-order valence-corrected chi connectivity index (χ1v) is 10.6. The van der Waals surface area contributed by atoms with Crippen LogP contribution < -0.4 is 14.8 Å². The molecule has 6 nitrogen and oxygen atoms in total. The Hall–Kier alpha value is -2.74. The Morgan fingerprint density at radius 3 is 2.31 bits per heavy atom. The maximum absolute atomic E-state index is 12.8. The summed E-state index contributed by atoms with van der Waals surface area (Å²) in [6.07, 6.45) is 0. The lowest BCUT2D eigenvalue weighted by Gasteiger charge is -2.14. The first kappa shape index (κ1) is 21.0. The number of nitrogens with one attached hydrogen (secondary N) is 2. The molecule has 0 aliphatic carbocycles. The number of amides is 1. The third kappa shape index (κ3) is 5.00. The van der Waals surface area contributed by atoms with Crippen molar-refractivity contribution >= 4 is 50.5 Å². The topological polar surface area (TPSA) is 84.5 Å². The zero-order valence-electron chi connectivity index (χ0n) is 15.1. The summed E-state index contributed by atoms with van der Waals surface area (Å²) in [5, 5.41) is 3.21. The van der Waals surface area contributed by atoms with Crippen molar-refractivity contribution in [2.45, 2.75) is 4.90 Å². The average molecular weight is 451 g/mol. The first-order valence-electron chi connectivity index (χ1n) is 8.32. The quantitative estimate of drug-likeness (QED) is 0.549. The number of hydrogen-bond donors (Lipinski definition) is 2. The van der Waals surface area contributed by atoms with Gasteiger partial charge in [0.2, 0.25) is 0 Å². The Morgan fingerprint density at radius 2 is 1.66 bits per heavy atom. The zero-order valence-corrected chi connectivity index (χ0v) is 17.5. The molecule has 3 rings (SSSR count). The van der Waals surface area contributed by atoms with Gasteiger partial charge in [-0.2, -0.15) is 0 Å². The first-order chi connectivity index (χ1) is 13.8. The van der Waals surface area contributed by atoms with Gasteiger partial charge in [0, 0.05) is 5.56 Å². The molecule has 0 radical (unpaired) electrons. The summed E-state index contributed by atoms with van der Waals surface area (Å²) in [6.45, 7) is 0. The second-order valence-corrected chi connectivity index (χ2v) is 8.41. The third-order valence-electron chi connectivity index (χ3n) is 3.94. The molecule has 0 fully saturated rings. The predicted molar refractivity (Wildman–Crippen MR) is 115 cm³/mol. The van der Waals surface area contributed by atoms with Crippen molar-refractivity contribution in [2.24, 2.45) is 0 Å². The summed E-state index contributed by atoms with van der Waals surface area (Å²) in [5.74, 6) is -0.0707. The molecule has 150 valence electrons. The minimum absolute atomic E-state index is 0.0623. The smallest absolute Gasteiger partial charge is 0.261 e. The summed E-state index contributed by atoms with van der Waals surface area (Å²) in [5.41, 5.74) is 0.903. The highest BCUT2D eigenvalue weighted by atomic mass is 35.5. The Bertz CT molecular complexity index is 1150. The number of carbonyl (C=O) groups is 1. The van der Waals surface area contributed by atoms with Crippen molar-refractivity contribution in [1.29, 1.82) is 0 Å². The molecule has 0 saturated heterocycles. The van der Waals surface area contributed by atoms with Crippen LogP contribution in [0.2, 0.25) is 10.0 Å². The summed E-state index contributed by atoms with van der Waals surface area (Å²) in [7, 11) is -2.52. The molecular weight excluding hydrogens is 435 g/mol. The Kier molecular flexibility index (Phi) is 6.32. The van der Waals surface area contributed by atoms with Crippen molar-refractivity contribution in [3.63, 3.8) is 0 Å². The summed E-state index contributed by atoms with van der Waals surface area (Å²) in [4.78, 5) is 12.4. The number of halogens is 2. The van der Waals surface area contributed by atoms with E-state index in [0.29, 0.717) is 16.3 Å². The number of methoxy groups -OCH3 is 1. The Labute approximate surface area is 178 Å². The van der Waals surface area contributed by atoms with Gasteiger partial charge in [-0.1, -0.05) is 41.4 Å². The van der Waals surface area contributed by atoms with E-state index < -0.39 is 15.9 Å². The highest BCUT2D eigenvalue weighted by molar-refractivity contribution is 7.92. The second-order valence-electron chi connectivity index (χ2n) is 5.92. The third-order valence-corrected chi connectivity index (χ3v) is 6.06. The van der Waals surface area contributed by atoms with Gasteiger partial charge in [-0.3, -0.25) is 9.52 Å². The van der Waals surface area contributed by atoms with Crippen LogP contribution in [0.3, 0.4) is 0 Å². The van der Waals surface area contributed by atoms with Crippen molar-refractivity contribution in [1.82, 2.24) is 0 Å². The Morgan fingerprint density at radius 1 is 0.931 bits per heavy atom. The lowest BCUT2D eigenvalue weighted by Crippen LogP contribution is -2.15. The van der Waals surface area contributed by atoms with Crippen LogP contribution in [0.1, 0.15) is 10.4 Å². The summed E-state index contributed by atoms with van der Waals surface area (Å²) < 4.78 is 33.2. The number of hydrogen-bond acceptors (Lipinski definition) is 4. The largest absolute Gasteiger partial charge is 0.495 e. The molecule has 0 aromatic heterocycles. The van der Waals surface area contributed by atoms with Gasteiger partial charge in [0.05, 0.1) is 33.4 Å². The van der Waals surface area contributed by atoms with E-state index in [9.17, 15) is 13.2 Å². The predicted octanol–water partition coefficient (Wildman–Crippen LogP) is 5.06. The van der Waals surface area contributed by atoms with E-state index in [0.717, 1.165) is 0 Å². The fraction of sp³-hybridized carbons (Fsp3) is 0.0500. The van der Waals surface area contributed by atoms with E-state index >= 15 is 0 Å². The monoisotopic (exact) mass is 450 g/mol. The maximum Gasteiger partial charge on any atom is 0.261 e. The fourth-order valence-electron chi connectivity index (χ4n) is 2.51. The lowest BCUT2D eigenvalue weighted by atomic mass is 10.2. The lowest BCUT2D eigenvalue weighted by molar-refractivity contribution is 0.102. The highest BCUT2D eigenvalue weighted by Crippen LogP contribution is 2.30. The Balaban J connectivity index is 1.90. The molecule has 9 heteroatoms. The SMILES string of the molecule is COc1ccc(S(=O)(=O)Nc2ccc(Cl)c(Cl)c2)cc1NC(=O)c1ccccc1. The van der Waals surface area contributed by atoms with E-state index in [1.165, 1.54) is 43.5 Å².